The van der Waals surface area contributed by atoms with Gasteiger partial charge in [0.05, 0.1) is 13.0 Å². The summed E-state index contributed by atoms with van der Waals surface area (Å²) in [5.74, 6) is -2.09. The minimum Gasteiger partial charge on any atom is -0.480 e. The molecule has 0 bridgehead atoms. The van der Waals surface area contributed by atoms with Gasteiger partial charge in [0.2, 0.25) is 5.91 Å². The number of para-hydroxylation sites is 1. The molecule has 7 heteroatoms. The first-order valence-corrected chi connectivity index (χ1v) is 7.74. The summed E-state index contributed by atoms with van der Waals surface area (Å²) >= 11 is 0. The molecular weight excluding hydrogens is 312 g/mol. The summed E-state index contributed by atoms with van der Waals surface area (Å²) in [5, 5.41) is 12.7. The molecular formula is C17H20N2O5. The molecule has 2 aromatic rings. The first-order valence-electron chi connectivity index (χ1n) is 7.74. The van der Waals surface area contributed by atoms with Crippen LogP contribution in [-0.4, -0.2) is 40.6 Å². The van der Waals surface area contributed by atoms with E-state index in [-0.39, 0.29) is 25.9 Å². The number of ether oxygens (including phenoxy) is 1. The van der Waals surface area contributed by atoms with Crippen molar-refractivity contribution in [3.63, 3.8) is 0 Å². The Balaban J connectivity index is 1.98. The minimum absolute atomic E-state index is 0.0703. The zero-order valence-corrected chi connectivity index (χ0v) is 13.4. The molecule has 2 rings (SSSR count). The first kappa shape index (κ1) is 17.5. The topological polar surface area (TPSA) is 108 Å². The van der Waals surface area contributed by atoms with Crippen molar-refractivity contribution in [2.45, 2.75) is 32.2 Å². The second kappa shape index (κ2) is 8.14. The second-order valence-electron chi connectivity index (χ2n) is 5.33. The molecule has 0 saturated carbocycles. The van der Waals surface area contributed by atoms with Gasteiger partial charge in [-0.15, -0.1) is 0 Å². The molecule has 0 radical (unpaired) electrons. The molecule has 1 atom stereocenters. The largest absolute Gasteiger partial charge is 0.480 e. The van der Waals surface area contributed by atoms with Crippen LogP contribution in [0.2, 0.25) is 0 Å². The van der Waals surface area contributed by atoms with Crippen LogP contribution in [0.4, 0.5) is 0 Å². The lowest BCUT2D eigenvalue weighted by Crippen LogP contribution is -2.42. The van der Waals surface area contributed by atoms with E-state index in [9.17, 15) is 19.5 Å². The van der Waals surface area contributed by atoms with Gasteiger partial charge in [-0.1, -0.05) is 18.2 Å². The lowest BCUT2D eigenvalue weighted by Gasteiger charge is -2.14. The Morgan fingerprint density at radius 1 is 1.25 bits per heavy atom. The average molecular weight is 332 g/mol. The maximum atomic E-state index is 11.9. The number of amides is 1. The zero-order valence-electron chi connectivity index (χ0n) is 13.4. The SMILES string of the molecule is CCOC(=O)CCC(=O)N[C@H](Cc1c[nH]c2ccccc12)C(=O)O. The first-order chi connectivity index (χ1) is 11.5. The standard InChI is InChI=1S/C17H20N2O5/c1-2-24-16(21)8-7-15(20)19-14(17(22)23)9-11-10-18-13-6-4-3-5-12(11)13/h3-6,10,14,18H,2,7-9H2,1H3,(H,19,20)(H,22,23)/t14-/m1/s1. The summed E-state index contributed by atoms with van der Waals surface area (Å²) in [5.41, 5.74) is 1.72. The predicted octanol–water partition coefficient (Wildman–Crippen LogP) is 1.62. The summed E-state index contributed by atoms with van der Waals surface area (Å²) in [6.45, 7) is 1.93. The van der Waals surface area contributed by atoms with Gasteiger partial charge in [-0.2, -0.15) is 0 Å². The van der Waals surface area contributed by atoms with Crippen molar-refractivity contribution in [3.8, 4) is 0 Å². The number of esters is 1. The van der Waals surface area contributed by atoms with Gasteiger partial charge in [-0.25, -0.2) is 4.79 Å². The quantitative estimate of drug-likeness (QED) is 0.637. The summed E-state index contributed by atoms with van der Waals surface area (Å²) < 4.78 is 4.74. The minimum atomic E-state index is -1.12. The molecule has 0 aliphatic heterocycles. The molecule has 7 nitrogen and oxygen atoms in total. The van der Waals surface area contributed by atoms with E-state index >= 15 is 0 Å². The van der Waals surface area contributed by atoms with E-state index in [0.717, 1.165) is 16.5 Å². The Hall–Kier alpha value is -2.83. The lowest BCUT2D eigenvalue weighted by molar-refractivity contribution is -0.144. The predicted molar refractivity (Wildman–Crippen MR) is 87.4 cm³/mol. The van der Waals surface area contributed by atoms with Gasteiger partial charge < -0.3 is 20.1 Å². The van der Waals surface area contributed by atoms with E-state index in [2.05, 4.69) is 10.3 Å². The number of benzene rings is 1. The number of carbonyl (C=O) groups excluding carboxylic acids is 2. The highest BCUT2D eigenvalue weighted by Crippen LogP contribution is 2.19. The highest BCUT2D eigenvalue weighted by molar-refractivity contribution is 5.87. The Morgan fingerprint density at radius 2 is 2.00 bits per heavy atom. The zero-order chi connectivity index (χ0) is 17.5. The summed E-state index contributed by atoms with van der Waals surface area (Å²) in [7, 11) is 0. The number of carboxylic acid groups (broad SMARTS) is 1. The summed E-state index contributed by atoms with van der Waals surface area (Å²) in [6.07, 6.45) is 1.73. The van der Waals surface area contributed by atoms with Crippen LogP contribution in [-0.2, 0) is 25.5 Å². The molecule has 3 N–H and O–H groups in total. The average Bonchev–Trinajstić information content (AvgIpc) is 2.96. The second-order valence-corrected chi connectivity index (χ2v) is 5.33. The Kier molecular flexibility index (Phi) is 5.95. The number of H-pyrrole nitrogens is 1. The summed E-state index contributed by atoms with van der Waals surface area (Å²) in [6, 6.07) is 6.48. The Morgan fingerprint density at radius 3 is 2.71 bits per heavy atom. The third-order valence-electron chi connectivity index (χ3n) is 3.59. The highest BCUT2D eigenvalue weighted by atomic mass is 16.5. The number of aromatic nitrogens is 1. The van der Waals surface area contributed by atoms with Crippen LogP contribution < -0.4 is 5.32 Å². The molecule has 0 fully saturated rings. The number of carboxylic acids is 1. The fraction of sp³-hybridized carbons (Fsp3) is 0.353. The van der Waals surface area contributed by atoms with Crippen molar-refractivity contribution >= 4 is 28.7 Å². The smallest absolute Gasteiger partial charge is 0.326 e. The molecule has 1 aromatic carbocycles. The number of aliphatic carboxylic acids is 1. The van der Waals surface area contributed by atoms with Crippen molar-refractivity contribution in [1.82, 2.24) is 10.3 Å². The van der Waals surface area contributed by atoms with Crippen LogP contribution in [0, 0.1) is 0 Å². The number of hydrogen-bond acceptors (Lipinski definition) is 4. The summed E-state index contributed by atoms with van der Waals surface area (Å²) in [4.78, 5) is 37.6. The molecule has 1 amide bonds. The van der Waals surface area contributed by atoms with Crippen molar-refractivity contribution in [2.24, 2.45) is 0 Å². The molecule has 0 aliphatic rings. The highest BCUT2D eigenvalue weighted by Gasteiger charge is 2.22. The van der Waals surface area contributed by atoms with Crippen LogP contribution in [0.1, 0.15) is 25.3 Å². The van der Waals surface area contributed by atoms with Crippen molar-refractivity contribution in [1.29, 1.82) is 0 Å². The van der Waals surface area contributed by atoms with Crippen LogP contribution in [0.5, 0.6) is 0 Å². The molecule has 1 aromatic heterocycles. The number of aromatic amines is 1. The fourth-order valence-corrected chi connectivity index (χ4v) is 2.44. The monoisotopic (exact) mass is 332 g/mol. The maximum absolute atomic E-state index is 11.9. The van der Waals surface area contributed by atoms with Gasteiger partial charge in [-0.05, 0) is 18.6 Å². The molecule has 0 spiro atoms. The van der Waals surface area contributed by atoms with E-state index in [4.69, 9.17) is 4.74 Å². The Bertz CT molecular complexity index is 737. The van der Waals surface area contributed by atoms with Crippen molar-refractivity contribution in [2.75, 3.05) is 6.61 Å². The van der Waals surface area contributed by atoms with Crippen LogP contribution in [0.15, 0.2) is 30.5 Å². The molecule has 1 heterocycles. The third-order valence-corrected chi connectivity index (χ3v) is 3.59. The van der Waals surface area contributed by atoms with Crippen molar-refractivity contribution in [3.05, 3.63) is 36.0 Å². The molecule has 0 saturated heterocycles. The van der Waals surface area contributed by atoms with Gasteiger partial charge >= 0.3 is 11.9 Å². The molecule has 24 heavy (non-hydrogen) atoms. The molecule has 0 aliphatic carbocycles. The Labute approximate surface area is 139 Å². The third kappa shape index (κ3) is 4.58. The molecule has 0 unspecified atom stereocenters. The van der Waals surface area contributed by atoms with Gasteiger partial charge in [0.15, 0.2) is 0 Å². The van der Waals surface area contributed by atoms with E-state index in [0.29, 0.717) is 0 Å². The fourth-order valence-electron chi connectivity index (χ4n) is 2.44. The number of nitrogens with one attached hydrogen (secondary N) is 2. The van der Waals surface area contributed by atoms with Gasteiger partial charge in [0.1, 0.15) is 6.04 Å². The van der Waals surface area contributed by atoms with E-state index in [1.807, 2.05) is 24.3 Å². The van der Waals surface area contributed by atoms with Gasteiger partial charge in [0.25, 0.3) is 0 Å². The number of hydrogen-bond donors (Lipinski definition) is 3. The maximum Gasteiger partial charge on any atom is 0.326 e. The number of fused-ring (bicyclic) bond motifs is 1. The van der Waals surface area contributed by atoms with E-state index < -0.39 is 23.9 Å². The van der Waals surface area contributed by atoms with Gasteiger partial charge in [-0.3, -0.25) is 9.59 Å². The lowest BCUT2D eigenvalue weighted by atomic mass is 10.0. The number of rotatable bonds is 8. The van der Waals surface area contributed by atoms with Crippen LogP contribution in [0.25, 0.3) is 10.9 Å². The normalized spacial score (nSPS) is 11.9. The van der Waals surface area contributed by atoms with Gasteiger partial charge in [0, 0.05) is 29.9 Å². The molecule has 128 valence electrons. The van der Waals surface area contributed by atoms with Crippen LogP contribution >= 0.6 is 0 Å². The van der Waals surface area contributed by atoms with E-state index in [1.54, 1.807) is 13.1 Å². The van der Waals surface area contributed by atoms with E-state index in [1.165, 1.54) is 0 Å². The van der Waals surface area contributed by atoms with Crippen molar-refractivity contribution < 1.29 is 24.2 Å². The van der Waals surface area contributed by atoms with Crippen LogP contribution in [0.3, 0.4) is 0 Å². The number of carbonyl (C=O) groups is 3.